The zero-order valence-corrected chi connectivity index (χ0v) is 77.5. The first kappa shape index (κ1) is 94.8. The molecule has 8 aromatic carbocycles. The first-order valence-electron chi connectivity index (χ1n) is 43.3. The summed E-state index contributed by atoms with van der Waals surface area (Å²) < 4.78 is 91.5. The largest absolute Gasteiger partial charge is 0.460 e. The number of pyridine rings is 4. The SMILES string of the molecule is COCc1noc(-c2cc3c4ccccc4n(Cc4cc([N+](=O)[O-])cc([N+](=O)[O-])c4)c3cn2)n1.O=C(OCCN1CCOCC1)c1cc2c3ccccc3n(Cc3cc(C(F)(F)F)ccc3Br)c2cn1.O=C(OCCN1CCOCC1)c1cc2c3ccccc3n(Cc3ccc(Cl)c(Cl)c3)c2cn1.O=C(OCCN1CCOCC1)c1cc2c3ccccc3n(Cc3ccc(Cl)cc3Cl)c2cn1. The van der Waals surface area contributed by atoms with Crippen LogP contribution in [0.3, 0.4) is 0 Å². The summed E-state index contributed by atoms with van der Waals surface area (Å²) in [5.41, 5.74) is 9.87. The molecule has 3 fully saturated rings. The first-order chi connectivity index (χ1) is 65.9. The Morgan fingerprint density at radius 2 is 0.846 bits per heavy atom. The number of nitro benzene ring substituents is 2. The molecular weight excluding hydrogens is 1910 g/mol. The summed E-state index contributed by atoms with van der Waals surface area (Å²) in [6.07, 6.45) is 2.27. The lowest BCUT2D eigenvalue weighted by Crippen LogP contribution is -2.38. The van der Waals surface area contributed by atoms with Crippen molar-refractivity contribution in [2.24, 2.45) is 0 Å². The fourth-order valence-corrected chi connectivity index (χ4v) is 17.9. The van der Waals surface area contributed by atoms with Crippen molar-refractivity contribution in [2.45, 2.75) is 39.0 Å². The number of methoxy groups -OCH3 is 1. The number of nitrogens with zero attached hydrogens (tertiary/aromatic N) is 15. The van der Waals surface area contributed by atoms with E-state index in [2.05, 4.69) is 88.0 Å². The summed E-state index contributed by atoms with van der Waals surface area (Å²) in [5, 5.41) is 36.2. The van der Waals surface area contributed by atoms with E-state index in [0.29, 0.717) is 123 Å². The van der Waals surface area contributed by atoms with Crippen molar-refractivity contribution in [3.63, 3.8) is 0 Å². The van der Waals surface area contributed by atoms with Gasteiger partial charge in [-0.2, -0.15) is 18.2 Å². The number of alkyl halides is 3. The van der Waals surface area contributed by atoms with Gasteiger partial charge in [-0.3, -0.25) is 34.9 Å². The second-order valence-electron chi connectivity index (χ2n) is 32.1. The maximum Gasteiger partial charge on any atom is 0.416 e. The molecule has 38 heteroatoms. The van der Waals surface area contributed by atoms with Crippen molar-refractivity contribution in [2.75, 3.05) is 125 Å². The van der Waals surface area contributed by atoms with Gasteiger partial charge < -0.3 is 55.9 Å². The molecule has 136 heavy (non-hydrogen) atoms. The number of hydrogen-bond donors (Lipinski definition) is 0. The Kier molecular flexibility index (Phi) is 29.9. The van der Waals surface area contributed by atoms with Crippen LogP contribution in [0, 0.1) is 20.2 Å². The Hall–Kier alpha value is -12.9. The second kappa shape index (κ2) is 43.0. The number of nitro groups is 2. The van der Waals surface area contributed by atoms with Crippen LogP contribution >= 0.6 is 62.3 Å². The highest BCUT2D eigenvalue weighted by Crippen LogP contribution is 2.40. The molecule has 12 heterocycles. The lowest BCUT2D eigenvalue weighted by molar-refractivity contribution is -0.394. The quantitative estimate of drug-likeness (QED) is 0.0222. The molecule has 0 N–H and O–H groups in total. The van der Waals surface area contributed by atoms with Gasteiger partial charge in [0.05, 0.1) is 118 Å². The summed E-state index contributed by atoms with van der Waals surface area (Å²) in [6.45, 7) is 14.0. The second-order valence-corrected chi connectivity index (χ2v) is 34.7. The van der Waals surface area contributed by atoms with Crippen LogP contribution in [0.4, 0.5) is 24.5 Å². The van der Waals surface area contributed by atoms with Crippen LogP contribution in [-0.2, 0) is 72.1 Å². The van der Waals surface area contributed by atoms with Crippen molar-refractivity contribution in [3.05, 3.63) is 314 Å². The average molecular weight is 1990 g/mol. The van der Waals surface area contributed by atoms with Crippen LogP contribution in [0.15, 0.2) is 228 Å². The van der Waals surface area contributed by atoms with E-state index in [1.54, 1.807) is 43.0 Å². The Morgan fingerprint density at radius 1 is 0.434 bits per heavy atom. The first-order valence-corrected chi connectivity index (χ1v) is 45.6. The van der Waals surface area contributed by atoms with E-state index >= 15 is 0 Å². The van der Waals surface area contributed by atoms with Crippen LogP contribution in [0.5, 0.6) is 0 Å². The molecule has 0 saturated carbocycles. The fourth-order valence-electron chi connectivity index (χ4n) is 16.8. The predicted molar refractivity (Wildman–Crippen MR) is 514 cm³/mol. The summed E-state index contributed by atoms with van der Waals surface area (Å²) in [7, 11) is 1.53. The maximum absolute atomic E-state index is 13.3. The van der Waals surface area contributed by atoms with Crippen LogP contribution in [0.25, 0.3) is 98.8 Å². The summed E-state index contributed by atoms with van der Waals surface area (Å²) in [4.78, 5) is 87.9. The van der Waals surface area contributed by atoms with E-state index < -0.39 is 39.5 Å². The molecule has 698 valence electrons. The molecule has 3 aliphatic rings. The number of halogens is 8. The molecule has 0 spiro atoms. The van der Waals surface area contributed by atoms with Gasteiger partial charge in [0.1, 0.15) is 49.2 Å². The molecule has 0 bridgehead atoms. The van der Waals surface area contributed by atoms with Crippen LogP contribution in [0.1, 0.15) is 65.1 Å². The van der Waals surface area contributed by atoms with E-state index in [-0.39, 0.29) is 49.3 Å². The number of ether oxygens (including phenoxy) is 7. The van der Waals surface area contributed by atoms with Gasteiger partial charge in [-0.05, 0) is 113 Å². The van der Waals surface area contributed by atoms with E-state index in [0.717, 1.165) is 177 Å². The molecule has 3 aliphatic heterocycles. The molecule has 3 saturated heterocycles. The standard InChI is InChI=1S/C26H23BrF3N3O3.2C25H23Cl2N3O3.C22H16N6O6/c27-21-6-5-18(26(28,29)30)13-17(21)16-33-23-4-2-1-3-19(23)20-14-22(31-15-24(20)33)25(34)36-12-9-32-7-10-35-11-8-32;26-18-6-5-17(21(27)13-18)16-30-23-4-2-1-3-19(23)20-14-22(28-15-24(20)30)25(31)33-12-9-29-7-10-32-11-8-29;26-20-6-5-17(13-21(20)27)16-30-23-4-2-1-3-18(23)19-14-22(28-15-24(19)30)25(31)33-12-9-29-7-10-32-11-8-29;1-33-12-21-24-22(34-25-21)18-9-17-16-4-2-3-5-19(16)26(20(17)10-23-18)11-13-6-14(27(29)30)8-15(7-13)28(31)32/h1-6,13-15H,7-12,16H2;2*1-6,13-15H,7-12,16H2;2-10H,11-12H2,1H3. The number of non-ortho nitro benzene ring substituents is 2. The Morgan fingerprint density at radius 3 is 1.26 bits per heavy atom. The number of aromatic nitrogens is 10. The highest BCUT2D eigenvalue weighted by atomic mass is 79.9. The number of fused-ring (bicyclic) bond motifs is 12. The van der Waals surface area contributed by atoms with Crippen LogP contribution in [0.2, 0.25) is 20.1 Å². The predicted octanol–water partition coefficient (Wildman–Crippen LogP) is 19.8. The molecule has 30 nitrogen and oxygen atoms in total. The summed E-state index contributed by atoms with van der Waals surface area (Å²) in [6, 6.07) is 56.9. The summed E-state index contributed by atoms with van der Waals surface area (Å²) in [5.74, 6) is -0.689. The van der Waals surface area contributed by atoms with E-state index in [1.807, 2.05) is 130 Å². The molecular formula is C98H85BrCl4F3N15O15. The van der Waals surface area contributed by atoms with Gasteiger partial charge in [0, 0.05) is 184 Å². The van der Waals surface area contributed by atoms with Crippen molar-refractivity contribution in [1.29, 1.82) is 0 Å². The minimum Gasteiger partial charge on any atom is -0.460 e. The van der Waals surface area contributed by atoms with Crippen LogP contribution < -0.4 is 0 Å². The Balaban J connectivity index is 0.000000126. The van der Waals surface area contributed by atoms with Gasteiger partial charge in [0.15, 0.2) is 5.82 Å². The van der Waals surface area contributed by atoms with Gasteiger partial charge >= 0.3 is 24.1 Å². The maximum atomic E-state index is 13.3. The van der Waals surface area contributed by atoms with E-state index in [1.165, 1.54) is 25.3 Å². The lowest BCUT2D eigenvalue weighted by Gasteiger charge is -2.26. The zero-order chi connectivity index (χ0) is 94.7. The normalized spacial score (nSPS) is 13.9. The number of morpholine rings is 3. The number of carbonyl (C=O) groups excluding carboxylic acids is 3. The van der Waals surface area contributed by atoms with Crippen molar-refractivity contribution < 1.29 is 75.1 Å². The molecule has 0 amide bonds. The van der Waals surface area contributed by atoms with E-state index in [4.69, 9.17) is 84.1 Å². The van der Waals surface area contributed by atoms with Crippen LogP contribution in [-0.4, -0.2) is 216 Å². The fraction of sp³-hybridized carbons (Fsp3) is 0.255. The third kappa shape index (κ3) is 21.9. The minimum absolute atomic E-state index is 0.173. The number of hydrogen-bond acceptors (Lipinski definition) is 24. The lowest BCUT2D eigenvalue weighted by atomic mass is 10.1. The number of rotatable bonds is 25. The highest BCUT2D eigenvalue weighted by Gasteiger charge is 2.32. The van der Waals surface area contributed by atoms with Crippen molar-refractivity contribution in [3.8, 4) is 11.6 Å². The van der Waals surface area contributed by atoms with Gasteiger partial charge in [0.25, 0.3) is 17.3 Å². The molecule has 0 radical (unpaired) electrons. The van der Waals surface area contributed by atoms with Crippen molar-refractivity contribution >= 4 is 179 Å². The molecule has 9 aromatic heterocycles. The molecule has 17 aromatic rings. The third-order valence-corrected chi connectivity index (χ3v) is 25.7. The molecule has 0 atom stereocenters. The zero-order valence-electron chi connectivity index (χ0n) is 72.9. The Bertz CT molecular complexity index is 7310. The smallest absolute Gasteiger partial charge is 0.416 e. The summed E-state index contributed by atoms with van der Waals surface area (Å²) >= 11 is 28.2. The number of esters is 3. The topological polar surface area (TPSA) is 322 Å². The number of benzene rings is 8. The average Bonchev–Trinajstić information content (AvgIpc) is 1.35. The van der Waals surface area contributed by atoms with Gasteiger partial charge in [-0.25, -0.2) is 34.3 Å². The van der Waals surface area contributed by atoms with E-state index in [9.17, 15) is 47.8 Å². The number of carbonyl (C=O) groups is 3. The van der Waals surface area contributed by atoms with Crippen molar-refractivity contribution in [1.82, 2.24) is 63.0 Å². The number of para-hydroxylation sites is 4. The molecule has 0 unspecified atom stereocenters. The third-order valence-electron chi connectivity index (χ3n) is 23.6. The molecule has 20 rings (SSSR count). The van der Waals surface area contributed by atoms with Gasteiger partial charge in [-0.1, -0.05) is 152 Å². The minimum atomic E-state index is -4.44. The monoisotopic (exact) mass is 1990 g/mol. The van der Waals surface area contributed by atoms with Gasteiger partial charge in [0.2, 0.25) is 0 Å². The van der Waals surface area contributed by atoms with Gasteiger partial charge in [-0.15, -0.1) is 0 Å². The Labute approximate surface area is 802 Å². The highest BCUT2D eigenvalue weighted by molar-refractivity contribution is 9.10. The molecule has 0 aliphatic carbocycles.